The summed E-state index contributed by atoms with van der Waals surface area (Å²) in [5.41, 5.74) is 1.82. The largest absolute Gasteiger partial charge is 0.303 e. The molecule has 1 fully saturated rings. The molecule has 0 spiro atoms. The van der Waals surface area contributed by atoms with Gasteiger partial charge in [0.1, 0.15) is 18.3 Å². The Balaban J connectivity index is 1.79. The lowest BCUT2D eigenvalue weighted by atomic mass is 10.0. The summed E-state index contributed by atoms with van der Waals surface area (Å²) in [7, 11) is -3.96. The molecule has 0 aliphatic carbocycles. The number of nitrogens with zero attached hydrogens (tertiary/aromatic N) is 1. The monoisotopic (exact) mass is 416 g/mol. The minimum atomic E-state index is -3.96. The van der Waals surface area contributed by atoms with Gasteiger partial charge in [-0.05, 0) is 44.0 Å². The second-order valence-corrected chi connectivity index (χ2v) is 9.06. The number of rotatable bonds is 9. The average molecular weight is 417 g/mol. The molecule has 1 aromatic carbocycles. The molecule has 158 valence electrons. The number of carbonyl (C=O) groups excluding carboxylic acids is 1. The fraction of sp³-hybridized carbons (Fsp3) is 0.611. The molecule has 0 unspecified atom stereocenters. The number of nitrogen functional groups attached to an aromatic ring is 1. The molecule has 1 aromatic rings. The molecular formula is C18H29FN4O4S. The van der Waals surface area contributed by atoms with Crippen LogP contribution in [0.4, 0.5) is 4.39 Å². The molecule has 0 bridgehead atoms. The van der Waals surface area contributed by atoms with Crippen LogP contribution in [0.5, 0.6) is 0 Å². The van der Waals surface area contributed by atoms with Crippen molar-refractivity contribution in [2.75, 3.05) is 26.4 Å². The molecule has 0 saturated carbocycles. The maximum absolute atomic E-state index is 14.1. The first kappa shape index (κ1) is 22.7. The topological polar surface area (TPSA) is 114 Å². The molecule has 1 amide bonds. The van der Waals surface area contributed by atoms with Crippen molar-refractivity contribution >= 4 is 16.0 Å². The van der Waals surface area contributed by atoms with Gasteiger partial charge in [0.25, 0.3) is 16.0 Å². The summed E-state index contributed by atoms with van der Waals surface area (Å²) >= 11 is 0. The first-order valence-electron chi connectivity index (χ1n) is 9.32. The molecule has 2 rings (SSSR count). The summed E-state index contributed by atoms with van der Waals surface area (Å²) in [6, 6.07) is 3.68. The van der Waals surface area contributed by atoms with E-state index in [0.29, 0.717) is 5.92 Å². The van der Waals surface area contributed by atoms with E-state index in [9.17, 15) is 17.6 Å². The van der Waals surface area contributed by atoms with Crippen LogP contribution < -0.4 is 16.6 Å². The van der Waals surface area contributed by atoms with Crippen LogP contribution in [0, 0.1) is 11.7 Å². The lowest BCUT2D eigenvalue weighted by Gasteiger charge is -2.33. The number of piperidine rings is 1. The van der Waals surface area contributed by atoms with Gasteiger partial charge < -0.3 is 4.90 Å². The van der Waals surface area contributed by atoms with Gasteiger partial charge >= 0.3 is 0 Å². The van der Waals surface area contributed by atoms with Gasteiger partial charge in [0.05, 0.1) is 0 Å². The van der Waals surface area contributed by atoms with Gasteiger partial charge in [-0.25, -0.2) is 10.2 Å². The second kappa shape index (κ2) is 10.3. The van der Waals surface area contributed by atoms with E-state index in [1.54, 1.807) is 0 Å². The summed E-state index contributed by atoms with van der Waals surface area (Å²) in [6.45, 7) is 7.23. The van der Waals surface area contributed by atoms with Gasteiger partial charge in [0, 0.05) is 23.7 Å². The van der Waals surface area contributed by atoms with E-state index in [1.807, 2.05) is 5.43 Å². The van der Waals surface area contributed by atoms with Crippen molar-refractivity contribution < 1.29 is 21.8 Å². The first-order valence-corrected chi connectivity index (χ1v) is 10.9. The molecule has 1 saturated heterocycles. The summed E-state index contributed by atoms with van der Waals surface area (Å²) in [6.07, 6.45) is 1.85. The maximum atomic E-state index is 14.1. The fourth-order valence-corrected chi connectivity index (χ4v) is 4.14. The fourth-order valence-electron chi connectivity index (χ4n) is 3.20. The zero-order chi connectivity index (χ0) is 20.7. The van der Waals surface area contributed by atoms with Gasteiger partial charge in [0.2, 0.25) is 0 Å². The van der Waals surface area contributed by atoms with Crippen LogP contribution >= 0.6 is 0 Å². The molecule has 28 heavy (non-hydrogen) atoms. The standard InChI is InChI=1S/C18H29FN4O4S/c1-13(2)10-23-7-5-16(6-8-23)21-12-27-28(25,26)11-15-4-3-14(9-17(15)19)18(24)22-20/h3-4,9,13,16,21H,5-8,10-12,20H2,1-2H3,(H,22,24). The summed E-state index contributed by atoms with van der Waals surface area (Å²) in [5.74, 6) is 3.53. The highest BCUT2D eigenvalue weighted by Gasteiger charge is 2.21. The Morgan fingerprint density at radius 3 is 2.61 bits per heavy atom. The second-order valence-electron chi connectivity index (χ2n) is 7.42. The summed E-state index contributed by atoms with van der Waals surface area (Å²) < 4.78 is 43.2. The number of carbonyl (C=O) groups is 1. The van der Waals surface area contributed by atoms with Crippen molar-refractivity contribution in [3.63, 3.8) is 0 Å². The molecule has 1 aliphatic heterocycles. The van der Waals surface area contributed by atoms with Crippen LogP contribution in [0.25, 0.3) is 0 Å². The highest BCUT2D eigenvalue weighted by Crippen LogP contribution is 2.15. The Labute approximate surface area is 165 Å². The molecule has 4 N–H and O–H groups in total. The van der Waals surface area contributed by atoms with Gasteiger partial charge in [-0.15, -0.1) is 0 Å². The zero-order valence-electron chi connectivity index (χ0n) is 16.3. The zero-order valence-corrected chi connectivity index (χ0v) is 17.1. The minimum absolute atomic E-state index is 0.00698. The average Bonchev–Trinajstić information content (AvgIpc) is 2.63. The summed E-state index contributed by atoms with van der Waals surface area (Å²) in [4.78, 5) is 13.8. The lowest BCUT2D eigenvalue weighted by molar-refractivity contribution is 0.0953. The number of amides is 1. The Kier molecular flexibility index (Phi) is 8.32. The van der Waals surface area contributed by atoms with Crippen LogP contribution in [-0.2, 0) is 20.1 Å². The highest BCUT2D eigenvalue weighted by molar-refractivity contribution is 7.85. The molecule has 0 radical (unpaired) electrons. The Hall–Kier alpha value is -1.59. The molecule has 1 aliphatic rings. The first-order chi connectivity index (χ1) is 13.2. The lowest BCUT2D eigenvalue weighted by Crippen LogP contribution is -2.44. The predicted octanol–water partition coefficient (Wildman–Crippen LogP) is 0.943. The van der Waals surface area contributed by atoms with E-state index in [2.05, 4.69) is 24.1 Å². The van der Waals surface area contributed by atoms with Crippen LogP contribution in [-0.4, -0.2) is 51.6 Å². The minimum Gasteiger partial charge on any atom is -0.303 e. The van der Waals surface area contributed by atoms with E-state index in [-0.39, 0.29) is 23.9 Å². The highest BCUT2D eigenvalue weighted by atomic mass is 32.2. The number of nitrogens with two attached hydrogens (primary N) is 1. The number of likely N-dealkylation sites (tertiary alicyclic amines) is 1. The van der Waals surface area contributed by atoms with Crippen molar-refractivity contribution in [2.24, 2.45) is 11.8 Å². The Morgan fingerprint density at radius 2 is 2.04 bits per heavy atom. The Bertz CT molecular complexity index is 765. The smallest absolute Gasteiger partial charge is 0.272 e. The number of hydrazine groups is 1. The summed E-state index contributed by atoms with van der Waals surface area (Å²) in [5, 5.41) is 3.10. The number of nitrogens with one attached hydrogen (secondary N) is 2. The maximum Gasteiger partial charge on any atom is 0.272 e. The van der Waals surface area contributed by atoms with E-state index in [4.69, 9.17) is 10.0 Å². The number of benzene rings is 1. The van der Waals surface area contributed by atoms with E-state index < -0.39 is 27.6 Å². The van der Waals surface area contributed by atoms with Crippen LogP contribution in [0.15, 0.2) is 18.2 Å². The van der Waals surface area contributed by atoms with Crippen LogP contribution in [0.1, 0.15) is 42.6 Å². The molecular weight excluding hydrogens is 387 g/mol. The van der Waals surface area contributed by atoms with Crippen molar-refractivity contribution in [1.29, 1.82) is 0 Å². The number of halogens is 1. The number of hydrogen-bond donors (Lipinski definition) is 3. The third kappa shape index (κ3) is 7.10. The van der Waals surface area contributed by atoms with Crippen molar-refractivity contribution in [3.8, 4) is 0 Å². The molecule has 1 heterocycles. The third-order valence-electron chi connectivity index (χ3n) is 4.60. The van der Waals surface area contributed by atoms with Gasteiger partial charge in [-0.1, -0.05) is 19.9 Å². The van der Waals surface area contributed by atoms with Gasteiger partial charge in [-0.3, -0.25) is 19.7 Å². The SMILES string of the molecule is CC(C)CN1CCC(NCOS(=O)(=O)Cc2ccc(C(=O)NN)cc2F)CC1. The van der Waals surface area contributed by atoms with Gasteiger partial charge in [0.15, 0.2) is 0 Å². The Morgan fingerprint density at radius 1 is 1.36 bits per heavy atom. The van der Waals surface area contributed by atoms with E-state index in [1.165, 1.54) is 12.1 Å². The molecule has 0 atom stereocenters. The van der Waals surface area contributed by atoms with Crippen LogP contribution in [0.3, 0.4) is 0 Å². The predicted molar refractivity (Wildman–Crippen MR) is 104 cm³/mol. The van der Waals surface area contributed by atoms with Crippen molar-refractivity contribution in [3.05, 3.63) is 35.1 Å². The van der Waals surface area contributed by atoms with Crippen molar-refractivity contribution in [2.45, 2.75) is 38.5 Å². The van der Waals surface area contributed by atoms with Crippen molar-refractivity contribution in [1.82, 2.24) is 15.6 Å². The number of hydrogen-bond acceptors (Lipinski definition) is 7. The normalized spacial score (nSPS) is 16.5. The van der Waals surface area contributed by atoms with E-state index in [0.717, 1.165) is 38.5 Å². The third-order valence-corrected chi connectivity index (χ3v) is 5.74. The molecule has 10 heteroatoms. The van der Waals surface area contributed by atoms with E-state index >= 15 is 0 Å². The van der Waals surface area contributed by atoms with Gasteiger partial charge in [-0.2, -0.15) is 8.42 Å². The molecule has 0 aromatic heterocycles. The quantitative estimate of drug-likeness (QED) is 0.180. The molecule has 8 nitrogen and oxygen atoms in total. The van der Waals surface area contributed by atoms with Crippen LogP contribution in [0.2, 0.25) is 0 Å².